The molecule has 1 aliphatic rings. The Hall–Kier alpha value is -5.28. The maximum absolute atomic E-state index is 14.5. The molecule has 1 heterocycles. The second-order valence-electron chi connectivity index (χ2n) is 13.1. The van der Waals surface area contributed by atoms with Gasteiger partial charge in [0.2, 0.25) is 5.91 Å². The van der Waals surface area contributed by atoms with Crippen molar-refractivity contribution < 1.29 is 42.1 Å². The molecule has 0 radical (unpaired) electrons. The first-order valence-corrected chi connectivity index (χ1v) is 18.1. The number of carbonyl (C=O) groups is 3. The van der Waals surface area contributed by atoms with Crippen LogP contribution < -0.4 is 19.7 Å². The van der Waals surface area contributed by atoms with Crippen LogP contribution in [0.5, 0.6) is 11.5 Å². The molecule has 3 amide bonds. The van der Waals surface area contributed by atoms with Gasteiger partial charge in [0.25, 0.3) is 10.0 Å². The standard InChI is InChI=1S/C36H40ClN5O9S/c1-36(2,3)51-35(46)40(20-23-10-11-23)27-19-38-41(22-27)30-15-13-26(39-33(43)16-24-8-6-7-9-29(24)37)17-32(30)52(47,48)42(34(44)45)21-25-12-14-28(49-4)18-31(25)50-5/h6-9,12-15,17-19,22-23H,10-11,16,20-21H2,1-5H3,(H,39,43)(H,44,45). The summed E-state index contributed by atoms with van der Waals surface area (Å²) in [7, 11) is -2.08. The number of anilines is 2. The van der Waals surface area contributed by atoms with Gasteiger partial charge in [-0.3, -0.25) is 9.69 Å². The van der Waals surface area contributed by atoms with Gasteiger partial charge in [-0.05, 0) is 81.5 Å². The van der Waals surface area contributed by atoms with E-state index in [0.717, 1.165) is 18.9 Å². The van der Waals surface area contributed by atoms with Crippen molar-refractivity contribution in [3.05, 3.63) is 89.2 Å². The van der Waals surface area contributed by atoms with E-state index in [1.165, 1.54) is 60.5 Å². The van der Waals surface area contributed by atoms with Gasteiger partial charge in [0.05, 0.1) is 51.0 Å². The van der Waals surface area contributed by atoms with Gasteiger partial charge in [0.1, 0.15) is 22.0 Å². The van der Waals surface area contributed by atoms with E-state index >= 15 is 0 Å². The molecule has 0 atom stereocenters. The lowest BCUT2D eigenvalue weighted by Crippen LogP contribution is -2.38. The van der Waals surface area contributed by atoms with Gasteiger partial charge in [0, 0.05) is 28.9 Å². The van der Waals surface area contributed by atoms with Crippen molar-refractivity contribution in [3.8, 4) is 17.2 Å². The molecule has 16 heteroatoms. The average Bonchev–Trinajstić information content (AvgIpc) is 3.79. The Balaban J connectivity index is 1.57. The number of halogens is 1. The number of ether oxygens (including phenoxy) is 3. The second-order valence-corrected chi connectivity index (χ2v) is 15.4. The van der Waals surface area contributed by atoms with Gasteiger partial charge in [-0.25, -0.2) is 22.7 Å². The SMILES string of the molecule is COc1ccc(CN(C(=O)O)S(=O)(=O)c2cc(NC(=O)Cc3ccccc3Cl)ccc2-n2cc(N(CC3CC3)C(=O)OC(C)(C)C)cn2)c(OC)c1. The summed E-state index contributed by atoms with van der Waals surface area (Å²) >= 11 is 6.24. The Kier molecular flexibility index (Phi) is 11.3. The summed E-state index contributed by atoms with van der Waals surface area (Å²) in [5.74, 6) is 0.414. The highest BCUT2D eigenvalue weighted by Crippen LogP contribution is 2.34. The number of sulfonamides is 1. The summed E-state index contributed by atoms with van der Waals surface area (Å²) < 4.78 is 46.7. The molecule has 1 saturated carbocycles. The maximum atomic E-state index is 14.5. The molecule has 0 spiro atoms. The number of carbonyl (C=O) groups excluding carboxylic acids is 2. The van der Waals surface area contributed by atoms with Crippen LogP contribution in [0.4, 0.5) is 21.0 Å². The number of aromatic nitrogens is 2. The molecule has 1 aromatic heterocycles. The van der Waals surface area contributed by atoms with Gasteiger partial charge in [-0.2, -0.15) is 9.40 Å². The molecule has 3 aromatic carbocycles. The quantitative estimate of drug-likeness (QED) is 0.149. The number of rotatable bonds is 13. The number of methoxy groups -OCH3 is 2. The van der Waals surface area contributed by atoms with Crippen LogP contribution >= 0.6 is 11.6 Å². The molecular formula is C36H40ClN5O9S. The van der Waals surface area contributed by atoms with Crippen molar-refractivity contribution in [2.75, 3.05) is 31.0 Å². The number of carboxylic acid groups (broad SMARTS) is 1. The average molecular weight is 754 g/mol. The second kappa shape index (κ2) is 15.5. The normalized spacial score (nSPS) is 12.9. The lowest BCUT2D eigenvalue weighted by molar-refractivity contribution is -0.115. The van der Waals surface area contributed by atoms with E-state index in [4.69, 9.17) is 25.8 Å². The maximum Gasteiger partial charge on any atom is 0.421 e. The summed E-state index contributed by atoms with van der Waals surface area (Å²) in [5, 5.41) is 17.8. The van der Waals surface area contributed by atoms with Gasteiger partial charge in [-0.15, -0.1) is 0 Å². The number of hydrogen-bond acceptors (Lipinski definition) is 9. The van der Waals surface area contributed by atoms with Gasteiger partial charge < -0.3 is 24.6 Å². The van der Waals surface area contributed by atoms with Crippen molar-refractivity contribution >= 4 is 51.1 Å². The van der Waals surface area contributed by atoms with Crippen LogP contribution in [0.2, 0.25) is 5.02 Å². The molecule has 52 heavy (non-hydrogen) atoms. The predicted octanol–water partition coefficient (Wildman–Crippen LogP) is 6.74. The van der Waals surface area contributed by atoms with E-state index in [1.807, 2.05) is 0 Å². The smallest absolute Gasteiger partial charge is 0.421 e. The third-order valence-electron chi connectivity index (χ3n) is 8.02. The van der Waals surface area contributed by atoms with Crippen LogP contribution in [0.25, 0.3) is 5.69 Å². The van der Waals surface area contributed by atoms with Crippen LogP contribution in [0, 0.1) is 5.92 Å². The number of nitrogens with one attached hydrogen (secondary N) is 1. The fourth-order valence-electron chi connectivity index (χ4n) is 5.26. The predicted molar refractivity (Wildman–Crippen MR) is 194 cm³/mol. The number of hydrogen-bond donors (Lipinski definition) is 2. The zero-order chi connectivity index (χ0) is 37.8. The molecule has 2 N–H and O–H groups in total. The molecule has 0 saturated heterocycles. The van der Waals surface area contributed by atoms with Gasteiger partial charge in [-0.1, -0.05) is 29.8 Å². The zero-order valence-corrected chi connectivity index (χ0v) is 30.9. The summed E-state index contributed by atoms with van der Waals surface area (Å²) in [4.78, 5) is 40.0. The van der Waals surface area contributed by atoms with Crippen molar-refractivity contribution in [3.63, 3.8) is 0 Å². The van der Waals surface area contributed by atoms with Crippen LogP contribution in [-0.4, -0.2) is 72.1 Å². The van der Waals surface area contributed by atoms with Crippen LogP contribution in [0.1, 0.15) is 44.7 Å². The van der Waals surface area contributed by atoms with Crippen molar-refractivity contribution in [2.24, 2.45) is 5.92 Å². The third-order valence-corrected chi connectivity index (χ3v) is 10.1. The van der Waals surface area contributed by atoms with Crippen LogP contribution in [0.15, 0.2) is 78.0 Å². The third kappa shape index (κ3) is 9.14. The molecule has 0 unspecified atom stereocenters. The highest BCUT2D eigenvalue weighted by atomic mass is 35.5. The Morgan fingerprint density at radius 1 is 1.02 bits per heavy atom. The summed E-state index contributed by atoms with van der Waals surface area (Å²) in [6.07, 6.45) is 2.30. The highest BCUT2D eigenvalue weighted by Gasteiger charge is 2.35. The van der Waals surface area contributed by atoms with E-state index in [9.17, 15) is 27.9 Å². The molecule has 5 rings (SSSR count). The minimum absolute atomic E-state index is 0.0427. The summed E-state index contributed by atoms with van der Waals surface area (Å²) in [6, 6.07) is 15.4. The van der Waals surface area contributed by atoms with Crippen molar-refractivity contribution in [2.45, 2.75) is 57.1 Å². The first kappa shape index (κ1) is 38.0. The summed E-state index contributed by atoms with van der Waals surface area (Å²) in [6.45, 7) is 5.02. The van der Waals surface area contributed by atoms with Crippen molar-refractivity contribution in [1.82, 2.24) is 14.1 Å². The minimum Gasteiger partial charge on any atom is -0.497 e. The van der Waals surface area contributed by atoms with E-state index in [2.05, 4.69) is 10.4 Å². The summed E-state index contributed by atoms with van der Waals surface area (Å²) in [5.41, 5.74) is 0.410. The van der Waals surface area contributed by atoms with Gasteiger partial charge >= 0.3 is 12.2 Å². The van der Waals surface area contributed by atoms with Crippen LogP contribution in [0.3, 0.4) is 0 Å². The molecule has 276 valence electrons. The molecule has 4 aromatic rings. The van der Waals surface area contributed by atoms with E-state index in [0.29, 0.717) is 28.6 Å². The number of nitrogens with zero attached hydrogens (tertiary/aromatic N) is 4. The Morgan fingerprint density at radius 3 is 2.38 bits per heavy atom. The molecular weight excluding hydrogens is 714 g/mol. The zero-order valence-electron chi connectivity index (χ0n) is 29.3. The first-order chi connectivity index (χ1) is 24.6. The molecule has 14 nitrogen and oxygen atoms in total. The lowest BCUT2D eigenvalue weighted by atomic mass is 10.1. The van der Waals surface area contributed by atoms with E-state index in [1.54, 1.807) is 51.1 Å². The van der Waals surface area contributed by atoms with E-state index < -0.39 is 45.2 Å². The fraction of sp³-hybridized carbons (Fsp3) is 0.333. The molecule has 1 aliphatic carbocycles. The molecule has 1 fully saturated rings. The molecule has 0 bridgehead atoms. The van der Waals surface area contributed by atoms with Gasteiger partial charge in [0.15, 0.2) is 0 Å². The minimum atomic E-state index is -4.89. The Morgan fingerprint density at radius 2 is 1.75 bits per heavy atom. The highest BCUT2D eigenvalue weighted by molar-refractivity contribution is 7.89. The molecule has 0 aliphatic heterocycles. The topological polar surface area (TPSA) is 170 Å². The lowest BCUT2D eigenvalue weighted by Gasteiger charge is -2.26. The number of benzene rings is 3. The first-order valence-electron chi connectivity index (χ1n) is 16.3. The van der Waals surface area contributed by atoms with Crippen LogP contribution in [-0.2, 0) is 32.5 Å². The monoisotopic (exact) mass is 753 g/mol. The fourth-order valence-corrected chi connectivity index (χ4v) is 6.92. The Labute approximate surface area is 306 Å². The van der Waals surface area contributed by atoms with Crippen molar-refractivity contribution in [1.29, 1.82) is 0 Å². The largest absolute Gasteiger partial charge is 0.497 e. The van der Waals surface area contributed by atoms with E-state index in [-0.39, 0.29) is 39.3 Å². The number of amides is 3. The Bertz CT molecular complexity index is 2080.